The molecule has 27 heavy (non-hydrogen) atoms. The Hall–Kier alpha value is -2.90. The number of aromatic nitrogens is 1. The van der Waals surface area contributed by atoms with E-state index in [1.54, 1.807) is 19.4 Å². The van der Waals surface area contributed by atoms with E-state index < -0.39 is 11.6 Å². The van der Waals surface area contributed by atoms with Crippen LogP contribution in [0.2, 0.25) is 0 Å². The summed E-state index contributed by atoms with van der Waals surface area (Å²) in [6, 6.07) is 7.47. The smallest absolute Gasteiger partial charge is 0.191 e. The SMILES string of the molecule is CN=C(NCCOc1cccnc1)NC1CCN(c2ccc(F)cc2F)C1. The molecule has 0 bridgehead atoms. The Morgan fingerprint density at radius 3 is 3.00 bits per heavy atom. The Balaban J connectivity index is 1.43. The number of hydrogen-bond acceptors (Lipinski definition) is 4. The lowest BCUT2D eigenvalue weighted by molar-refractivity contribution is 0.320. The molecule has 1 aromatic carbocycles. The monoisotopic (exact) mass is 375 g/mol. The van der Waals surface area contributed by atoms with Crippen LogP contribution in [0.5, 0.6) is 5.75 Å². The highest BCUT2D eigenvalue weighted by Crippen LogP contribution is 2.24. The molecule has 0 radical (unpaired) electrons. The third kappa shape index (κ3) is 5.29. The molecule has 8 heteroatoms. The van der Waals surface area contributed by atoms with Gasteiger partial charge in [0.2, 0.25) is 0 Å². The molecule has 0 aliphatic carbocycles. The van der Waals surface area contributed by atoms with Crippen LogP contribution in [-0.4, -0.2) is 50.3 Å². The van der Waals surface area contributed by atoms with E-state index in [2.05, 4.69) is 20.6 Å². The minimum atomic E-state index is -0.566. The topological polar surface area (TPSA) is 61.8 Å². The molecular weight excluding hydrogens is 352 g/mol. The van der Waals surface area contributed by atoms with E-state index in [1.807, 2.05) is 17.0 Å². The van der Waals surface area contributed by atoms with E-state index in [0.717, 1.165) is 18.2 Å². The number of rotatable bonds is 6. The second kappa shape index (κ2) is 9.16. The second-order valence-electron chi connectivity index (χ2n) is 6.21. The summed E-state index contributed by atoms with van der Waals surface area (Å²) in [5, 5.41) is 6.52. The number of benzene rings is 1. The average molecular weight is 375 g/mol. The number of guanidine groups is 1. The van der Waals surface area contributed by atoms with Crippen LogP contribution in [-0.2, 0) is 0 Å². The maximum Gasteiger partial charge on any atom is 0.191 e. The molecule has 1 unspecified atom stereocenters. The molecule has 0 saturated carbocycles. The van der Waals surface area contributed by atoms with Crippen molar-refractivity contribution < 1.29 is 13.5 Å². The Bertz CT molecular complexity index is 772. The van der Waals surface area contributed by atoms with Gasteiger partial charge in [0.15, 0.2) is 5.96 Å². The van der Waals surface area contributed by atoms with Gasteiger partial charge in [-0.3, -0.25) is 9.98 Å². The highest BCUT2D eigenvalue weighted by atomic mass is 19.1. The fourth-order valence-corrected chi connectivity index (χ4v) is 2.99. The van der Waals surface area contributed by atoms with Gasteiger partial charge in [-0.25, -0.2) is 8.78 Å². The summed E-state index contributed by atoms with van der Waals surface area (Å²) in [6.45, 7) is 2.37. The van der Waals surface area contributed by atoms with Crippen LogP contribution in [0.15, 0.2) is 47.7 Å². The lowest BCUT2D eigenvalue weighted by Crippen LogP contribution is -2.45. The van der Waals surface area contributed by atoms with Gasteiger partial charge in [-0.15, -0.1) is 0 Å². The Morgan fingerprint density at radius 1 is 1.37 bits per heavy atom. The summed E-state index contributed by atoms with van der Waals surface area (Å²) in [4.78, 5) is 10.1. The molecule has 2 heterocycles. The summed E-state index contributed by atoms with van der Waals surface area (Å²) in [5.41, 5.74) is 0.425. The summed E-state index contributed by atoms with van der Waals surface area (Å²) in [6.07, 6.45) is 4.19. The molecule has 2 aromatic rings. The molecule has 1 atom stereocenters. The largest absolute Gasteiger partial charge is 0.490 e. The number of halogens is 2. The van der Waals surface area contributed by atoms with Crippen molar-refractivity contribution in [3.8, 4) is 5.75 Å². The number of pyridine rings is 1. The standard InChI is InChI=1S/C19H23F2N5O/c1-22-19(24-8-10-27-16-3-2-7-23-12-16)25-15-6-9-26(13-15)18-5-4-14(20)11-17(18)21/h2-5,7,11-12,15H,6,8-10,13H2,1H3,(H2,22,24,25). The number of nitrogens with one attached hydrogen (secondary N) is 2. The maximum absolute atomic E-state index is 13.9. The third-order valence-electron chi connectivity index (χ3n) is 4.30. The number of anilines is 1. The molecular formula is C19H23F2N5O. The van der Waals surface area contributed by atoms with Gasteiger partial charge in [-0.1, -0.05) is 0 Å². The highest BCUT2D eigenvalue weighted by molar-refractivity contribution is 5.80. The van der Waals surface area contributed by atoms with Crippen LogP contribution >= 0.6 is 0 Å². The molecule has 0 spiro atoms. The number of nitrogens with zero attached hydrogens (tertiary/aromatic N) is 3. The van der Waals surface area contributed by atoms with Crippen LogP contribution in [0.1, 0.15) is 6.42 Å². The molecule has 1 aliphatic heterocycles. The van der Waals surface area contributed by atoms with Crippen LogP contribution < -0.4 is 20.3 Å². The first-order valence-corrected chi connectivity index (χ1v) is 8.85. The molecule has 1 saturated heterocycles. The zero-order chi connectivity index (χ0) is 19.1. The van der Waals surface area contributed by atoms with Crippen molar-refractivity contribution in [1.82, 2.24) is 15.6 Å². The van der Waals surface area contributed by atoms with E-state index in [0.29, 0.717) is 37.9 Å². The van der Waals surface area contributed by atoms with Crippen molar-refractivity contribution in [3.05, 3.63) is 54.4 Å². The lowest BCUT2D eigenvalue weighted by Gasteiger charge is -2.21. The summed E-state index contributed by atoms with van der Waals surface area (Å²) >= 11 is 0. The first-order valence-electron chi connectivity index (χ1n) is 8.85. The van der Waals surface area contributed by atoms with Crippen molar-refractivity contribution in [2.24, 2.45) is 4.99 Å². The van der Waals surface area contributed by atoms with Crippen molar-refractivity contribution in [1.29, 1.82) is 0 Å². The summed E-state index contributed by atoms with van der Waals surface area (Å²) in [5.74, 6) is 0.278. The minimum Gasteiger partial charge on any atom is -0.490 e. The van der Waals surface area contributed by atoms with Crippen LogP contribution in [0, 0.1) is 11.6 Å². The second-order valence-corrected chi connectivity index (χ2v) is 6.21. The van der Waals surface area contributed by atoms with Crippen LogP contribution in [0.25, 0.3) is 0 Å². The fourth-order valence-electron chi connectivity index (χ4n) is 2.99. The zero-order valence-corrected chi connectivity index (χ0v) is 15.2. The van der Waals surface area contributed by atoms with Gasteiger partial charge >= 0.3 is 0 Å². The van der Waals surface area contributed by atoms with E-state index in [-0.39, 0.29) is 6.04 Å². The predicted octanol–water partition coefficient (Wildman–Crippen LogP) is 2.18. The quantitative estimate of drug-likeness (QED) is 0.460. The number of ether oxygens (including phenoxy) is 1. The van der Waals surface area contributed by atoms with Crippen LogP contribution in [0.3, 0.4) is 0 Å². The maximum atomic E-state index is 13.9. The Labute approximate surface area is 157 Å². The lowest BCUT2D eigenvalue weighted by atomic mass is 10.2. The van der Waals surface area contributed by atoms with E-state index in [1.165, 1.54) is 12.1 Å². The average Bonchev–Trinajstić information content (AvgIpc) is 3.13. The van der Waals surface area contributed by atoms with E-state index >= 15 is 0 Å². The van der Waals surface area contributed by atoms with Gasteiger partial charge in [0.1, 0.15) is 24.0 Å². The summed E-state index contributed by atoms with van der Waals surface area (Å²) < 4.78 is 32.6. The predicted molar refractivity (Wildman–Crippen MR) is 101 cm³/mol. The molecule has 2 N–H and O–H groups in total. The Morgan fingerprint density at radius 2 is 2.26 bits per heavy atom. The first-order chi connectivity index (χ1) is 13.2. The van der Waals surface area contributed by atoms with Crippen molar-refractivity contribution in [2.75, 3.05) is 38.2 Å². The zero-order valence-electron chi connectivity index (χ0n) is 15.2. The minimum absolute atomic E-state index is 0.125. The van der Waals surface area contributed by atoms with Crippen LogP contribution in [0.4, 0.5) is 14.5 Å². The molecule has 1 aliphatic rings. The highest BCUT2D eigenvalue weighted by Gasteiger charge is 2.25. The third-order valence-corrected chi connectivity index (χ3v) is 4.30. The van der Waals surface area contributed by atoms with Gasteiger partial charge in [0, 0.05) is 38.4 Å². The van der Waals surface area contributed by atoms with Gasteiger partial charge in [0.25, 0.3) is 0 Å². The molecule has 1 fully saturated rings. The van der Waals surface area contributed by atoms with Gasteiger partial charge in [0.05, 0.1) is 18.4 Å². The van der Waals surface area contributed by atoms with Gasteiger partial charge < -0.3 is 20.3 Å². The van der Waals surface area contributed by atoms with Crippen molar-refractivity contribution in [3.63, 3.8) is 0 Å². The molecule has 144 valence electrons. The Kier molecular flexibility index (Phi) is 6.40. The number of hydrogen-bond donors (Lipinski definition) is 2. The fraction of sp³-hybridized carbons (Fsp3) is 0.368. The molecule has 0 amide bonds. The van der Waals surface area contributed by atoms with Gasteiger partial charge in [-0.2, -0.15) is 0 Å². The molecule has 1 aromatic heterocycles. The summed E-state index contributed by atoms with van der Waals surface area (Å²) in [7, 11) is 1.70. The van der Waals surface area contributed by atoms with Crippen molar-refractivity contribution >= 4 is 11.6 Å². The normalized spacial score (nSPS) is 17.1. The van der Waals surface area contributed by atoms with Gasteiger partial charge in [-0.05, 0) is 30.7 Å². The molecule has 3 rings (SSSR count). The van der Waals surface area contributed by atoms with Crippen molar-refractivity contribution in [2.45, 2.75) is 12.5 Å². The van der Waals surface area contributed by atoms with E-state index in [9.17, 15) is 8.78 Å². The first kappa shape index (κ1) is 18.9. The number of aliphatic imine (C=N–C) groups is 1. The molecule has 6 nitrogen and oxygen atoms in total. The van der Waals surface area contributed by atoms with E-state index in [4.69, 9.17) is 4.74 Å².